The van der Waals surface area contributed by atoms with E-state index in [2.05, 4.69) is 9.79 Å². The molecule has 0 aliphatic heterocycles. The van der Waals surface area contributed by atoms with E-state index >= 15 is 0 Å². The summed E-state index contributed by atoms with van der Waals surface area (Å²) in [6, 6.07) is 0. The Labute approximate surface area is 81.2 Å². The standard InChI is InChI=1S/C9H13N3O2/c10-8-6-12(11-14-8)9(13)7-4-2-1-3-5-7/h6-7,10H,1-5H2. The van der Waals surface area contributed by atoms with E-state index < -0.39 is 0 Å². The Bertz CT molecular complexity index is 373. The predicted molar refractivity (Wildman–Crippen MR) is 45.3 cm³/mol. The molecular weight excluding hydrogens is 182 g/mol. The van der Waals surface area contributed by atoms with Crippen molar-refractivity contribution in [1.82, 2.24) is 5.27 Å². The van der Waals surface area contributed by atoms with Gasteiger partial charge in [-0.2, -0.15) is 4.68 Å². The first-order valence-electron chi connectivity index (χ1n) is 4.92. The Morgan fingerprint density at radius 1 is 1.50 bits per heavy atom. The number of hydrogen-bond acceptors (Lipinski definition) is 3. The largest absolute Gasteiger partial charge is 0.486 e. The summed E-state index contributed by atoms with van der Waals surface area (Å²) in [5, 5.41) is 10.6. The molecule has 1 heterocycles. The minimum atomic E-state index is -0.0749. The van der Waals surface area contributed by atoms with Crippen LogP contribution in [0.3, 0.4) is 0 Å². The van der Waals surface area contributed by atoms with E-state index in [1.165, 1.54) is 12.6 Å². The minimum absolute atomic E-state index is 0.0352. The summed E-state index contributed by atoms with van der Waals surface area (Å²) in [4.78, 5) is 11.8. The molecule has 1 N–H and O–H groups in total. The number of hydrogen-bond donors (Lipinski definition) is 1. The highest BCUT2D eigenvalue weighted by Crippen LogP contribution is 2.23. The van der Waals surface area contributed by atoms with Gasteiger partial charge in [-0.1, -0.05) is 19.3 Å². The van der Waals surface area contributed by atoms with E-state index in [0.29, 0.717) is 0 Å². The van der Waals surface area contributed by atoms with Crippen molar-refractivity contribution in [3.63, 3.8) is 0 Å². The van der Waals surface area contributed by atoms with Crippen LogP contribution < -0.4 is 15.5 Å². The van der Waals surface area contributed by atoms with E-state index in [1.807, 2.05) is 0 Å². The highest BCUT2D eigenvalue weighted by atomic mass is 16.5. The van der Waals surface area contributed by atoms with Gasteiger partial charge in [0, 0.05) is 0 Å². The van der Waals surface area contributed by atoms with Gasteiger partial charge in [-0.15, -0.1) is 0 Å². The lowest BCUT2D eigenvalue weighted by Gasteiger charge is -2.16. The molecule has 1 saturated carbocycles. The maximum absolute atomic E-state index is 11.8. The Morgan fingerprint density at radius 2 is 2.21 bits per heavy atom. The number of nitrogens with zero attached hydrogens (tertiary/aromatic N) is 2. The zero-order chi connectivity index (χ0) is 9.97. The van der Waals surface area contributed by atoms with Crippen molar-refractivity contribution in [3.05, 3.63) is 11.8 Å². The van der Waals surface area contributed by atoms with Crippen molar-refractivity contribution in [1.29, 1.82) is 5.41 Å². The summed E-state index contributed by atoms with van der Waals surface area (Å²) in [7, 11) is 0. The van der Waals surface area contributed by atoms with Crippen molar-refractivity contribution in [2.24, 2.45) is 5.92 Å². The summed E-state index contributed by atoms with van der Waals surface area (Å²) in [5.41, 5.74) is -0.0749. The fraction of sp³-hybridized carbons (Fsp3) is 0.667. The lowest BCUT2D eigenvalue weighted by Crippen LogP contribution is -2.49. The van der Waals surface area contributed by atoms with Gasteiger partial charge in [0.05, 0.1) is 5.92 Å². The first-order valence-corrected chi connectivity index (χ1v) is 4.92. The maximum atomic E-state index is 11.8. The first kappa shape index (κ1) is 9.18. The van der Waals surface area contributed by atoms with E-state index in [9.17, 15) is 4.79 Å². The second-order valence-corrected chi connectivity index (χ2v) is 3.68. The number of nitrogens with one attached hydrogen (secondary N) is 1. The average molecular weight is 195 g/mol. The van der Waals surface area contributed by atoms with Crippen LogP contribution in [0.25, 0.3) is 0 Å². The summed E-state index contributed by atoms with van der Waals surface area (Å²) in [6.07, 6.45) is 6.64. The van der Waals surface area contributed by atoms with Crippen LogP contribution in [-0.2, 0) is 0 Å². The summed E-state index contributed by atoms with van der Waals surface area (Å²) in [5.74, 6) is 0.0326. The molecule has 0 atom stereocenters. The van der Waals surface area contributed by atoms with Crippen molar-refractivity contribution >= 4 is 5.91 Å². The van der Waals surface area contributed by atoms with Gasteiger partial charge in [-0.05, 0) is 12.8 Å². The van der Waals surface area contributed by atoms with E-state index in [-0.39, 0.29) is 17.4 Å². The summed E-state index contributed by atoms with van der Waals surface area (Å²) < 4.78 is 5.69. The van der Waals surface area contributed by atoms with Crippen molar-refractivity contribution in [2.75, 3.05) is 0 Å². The molecule has 2 rings (SSSR count). The van der Waals surface area contributed by atoms with Gasteiger partial charge >= 0.3 is 5.91 Å². The normalized spacial score (nSPS) is 18.3. The highest BCUT2D eigenvalue weighted by Gasteiger charge is 2.27. The predicted octanol–water partition coefficient (Wildman–Crippen LogP) is 0.224. The van der Waals surface area contributed by atoms with E-state index in [1.54, 1.807) is 0 Å². The van der Waals surface area contributed by atoms with Crippen LogP contribution in [0.15, 0.2) is 10.7 Å². The van der Waals surface area contributed by atoms with Gasteiger partial charge in [0.15, 0.2) is 0 Å². The van der Waals surface area contributed by atoms with Gasteiger partial charge in [-0.25, -0.2) is 10.1 Å². The number of carbonyl (C=O) groups is 1. The molecule has 1 aromatic rings. The molecule has 1 aliphatic rings. The van der Waals surface area contributed by atoms with E-state index in [0.717, 1.165) is 30.4 Å². The average Bonchev–Trinajstić information content (AvgIpc) is 2.65. The SMILES string of the molecule is N=c1c[n+](C(=O)C2CCCCC2)[n-]o1. The number of aromatic nitrogens is 2. The van der Waals surface area contributed by atoms with Crippen LogP contribution in [0.5, 0.6) is 0 Å². The lowest BCUT2D eigenvalue weighted by molar-refractivity contribution is -0.657. The second kappa shape index (κ2) is 3.77. The second-order valence-electron chi connectivity index (χ2n) is 3.68. The molecule has 0 aromatic carbocycles. The van der Waals surface area contributed by atoms with Crippen LogP contribution in [0.1, 0.15) is 36.9 Å². The molecule has 0 amide bonds. The zero-order valence-electron chi connectivity index (χ0n) is 7.90. The molecule has 76 valence electrons. The fourth-order valence-corrected chi connectivity index (χ4v) is 1.89. The monoisotopic (exact) mass is 195 g/mol. The smallest absolute Gasteiger partial charge is 0.387 e. The quantitative estimate of drug-likeness (QED) is 0.652. The third-order valence-corrected chi connectivity index (χ3v) is 2.65. The van der Waals surface area contributed by atoms with Crippen LogP contribution in [0.4, 0.5) is 0 Å². The molecule has 1 aromatic heterocycles. The molecule has 0 unspecified atom stereocenters. The maximum Gasteiger partial charge on any atom is 0.387 e. The van der Waals surface area contributed by atoms with Crippen LogP contribution in [0, 0.1) is 11.3 Å². The minimum Gasteiger partial charge on any atom is -0.486 e. The molecule has 14 heavy (non-hydrogen) atoms. The Kier molecular flexibility index (Phi) is 2.47. The van der Waals surface area contributed by atoms with Gasteiger partial charge in [-0.3, -0.25) is 5.41 Å². The molecule has 0 saturated heterocycles. The summed E-state index contributed by atoms with van der Waals surface area (Å²) >= 11 is 0. The van der Waals surface area contributed by atoms with Gasteiger partial charge < -0.3 is 4.52 Å². The molecule has 0 spiro atoms. The third kappa shape index (κ3) is 1.76. The van der Waals surface area contributed by atoms with Crippen LogP contribution in [-0.4, -0.2) is 5.91 Å². The number of rotatable bonds is 1. The van der Waals surface area contributed by atoms with Crippen molar-refractivity contribution < 1.29 is 14.0 Å². The molecule has 0 radical (unpaired) electrons. The fourth-order valence-electron chi connectivity index (χ4n) is 1.89. The zero-order valence-corrected chi connectivity index (χ0v) is 7.90. The first-order chi connectivity index (χ1) is 6.77. The third-order valence-electron chi connectivity index (χ3n) is 2.65. The Morgan fingerprint density at radius 3 is 2.79 bits per heavy atom. The van der Waals surface area contributed by atoms with Gasteiger partial charge in [0.25, 0.3) is 5.55 Å². The molecule has 5 nitrogen and oxygen atoms in total. The highest BCUT2D eigenvalue weighted by molar-refractivity contribution is 5.69. The molecule has 5 heteroatoms. The summed E-state index contributed by atoms with van der Waals surface area (Å²) in [6.45, 7) is 0. The lowest BCUT2D eigenvalue weighted by atomic mass is 9.89. The molecule has 0 bridgehead atoms. The van der Waals surface area contributed by atoms with Crippen LogP contribution in [0.2, 0.25) is 0 Å². The van der Waals surface area contributed by atoms with Gasteiger partial charge in [0.2, 0.25) is 6.20 Å². The van der Waals surface area contributed by atoms with E-state index in [4.69, 9.17) is 5.41 Å². The van der Waals surface area contributed by atoms with Gasteiger partial charge in [0.1, 0.15) is 0 Å². The van der Waals surface area contributed by atoms with Crippen molar-refractivity contribution in [3.8, 4) is 0 Å². The Hall–Kier alpha value is -1.39. The van der Waals surface area contributed by atoms with Crippen LogP contribution >= 0.6 is 0 Å². The topological polar surface area (TPSA) is 72.0 Å². The number of carbonyl (C=O) groups excluding carboxylic acids is 1. The molecule has 1 fully saturated rings. The van der Waals surface area contributed by atoms with Crippen molar-refractivity contribution in [2.45, 2.75) is 32.1 Å². The molecule has 1 aliphatic carbocycles. The molecular formula is C9H13N3O2. The Balaban J connectivity index is 2.10.